The standard InChI is InChI=1S/C18H22BrN3OS/c1-12(2)10-22-16(13-3-5-14(19)6-4-13)9-20-18(22)24-11-17(23)21-15-7-8-15/h3-6,9,12,15H,7-8,10-11H2,1-2H3,(H,21,23). The maximum absolute atomic E-state index is 11.9. The Morgan fingerprint density at radius 1 is 1.38 bits per heavy atom. The molecule has 1 heterocycles. The van der Waals surface area contributed by atoms with Crippen LogP contribution in [-0.2, 0) is 11.3 Å². The number of carbonyl (C=O) groups excluding carboxylic acids is 1. The van der Waals surface area contributed by atoms with E-state index in [1.807, 2.05) is 18.3 Å². The molecule has 0 atom stereocenters. The maximum Gasteiger partial charge on any atom is 0.230 e. The number of hydrogen-bond acceptors (Lipinski definition) is 3. The van der Waals surface area contributed by atoms with Gasteiger partial charge < -0.3 is 9.88 Å². The van der Waals surface area contributed by atoms with Crippen LogP contribution < -0.4 is 5.32 Å². The van der Waals surface area contributed by atoms with Crippen molar-refractivity contribution < 1.29 is 4.79 Å². The van der Waals surface area contributed by atoms with Crippen molar-refractivity contribution in [3.8, 4) is 11.3 Å². The molecule has 24 heavy (non-hydrogen) atoms. The van der Waals surface area contributed by atoms with Gasteiger partial charge in [-0.15, -0.1) is 0 Å². The molecule has 0 bridgehead atoms. The van der Waals surface area contributed by atoms with Crippen LogP contribution in [0.2, 0.25) is 0 Å². The first-order valence-electron chi connectivity index (χ1n) is 8.26. The highest BCUT2D eigenvalue weighted by molar-refractivity contribution is 9.10. The Morgan fingerprint density at radius 2 is 2.08 bits per heavy atom. The molecule has 0 aliphatic heterocycles. The van der Waals surface area contributed by atoms with E-state index >= 15 is 0 Å². The van der Waals surface area contributed by atoms with Crippen molar-refractivity contribution in [2.24, 2.45) is 5.92 Å². The predicted molar refractivity (Wildman–Crippen MR) is 102 cm³/mol. The zero-order valence-electron chi connectivity index (χ0n) is 14.0. The number of rotatable bonds is 7. The van der Waals surface area contributed by atoms with E-state index in [1.165, 1.54) is 11.8 Å². The summed E-state index contributed by atoms with van der Waals surface area (Å²) in [6, 6.07) is 8.67. The molecule has 1 saturated carbocycles. The molecule has 3 rings (SSSR count). The first-order valence-corrected chi connectivity index (χ1v) is 10.0. The first-order chi connectivity index (χ1) is 11.5. The van der Waals surface area contributed by atoms with E-state index in [0.717, 1.165) is 40.3 Å². The molecular formula is C18H22BrN3OS. The average molecular weight is 408 g/mol. The molecule has 1 fully saturated rings. The van der Waals surface area contributed by atoms with Gasteiger partial charge in [-0.05, 0) is 36.5 Å². The summed E-state index contributed by atoms with van der Waals surface area (Å²) >= 11 is 4.99. The number of imidazole rings is 1. The lowest BCUT2D eigenvalue weighted by molar-refractivity contribution is -0.118. The quantitative estimate of drug-likeness (QED) is 0.694. The Balaban J connectivity index is 1.77. The van der Waals surface area contributed by atoms with Gasteiger partial charge in [-0.3, -0.25) is 4.79 Å². The van der Waals surface area contributed by atoms with Crippen molar-refractivity contribution in [2.75, 3.05) is 5.75 Å². The van der Waals surface area contributed by atoms with Crippen LogP contribution in [0.5, 0.6) is 0 Å². The minimum absolute atomic E-state index is 0.104. The number of amides is 1. The van der Waals surface area contributed by atoms with Crippen molar-refractivity contribution in [3.63, 3.8) is 0 Å². The summed E-state index contributed by atoms with van der Waals surface area (Å²) in [7, 11) is 0. The van der Waals surface area contributed by atoms with Gasteiger partial charge in [-0.1, -0.05) is 53.7 Å². The number of carbonyl (C=O) groups is 1. The van der Waals surface area contributed by atoms with Gasteiger partial charge >= 0.3 is 0 Å². The Kier molecular flexibility index (Phi) is 5.66. The van der Waals surface area contributed by atoms with Crippen molar-refractivity contribution in [2.45, 2.75) is 44.4 Å². The number of nitrogens with zero attached hydrogens (tertiary/aromatic N) is 2. The topological polar surface area (TPSA) is 46.9 Å². The second-order valence-electron chi connectivity index (χ2n) is 6.57. The smallest absolute Gasteiger partial charge is 0.230 e. The van der Waals surface area contributed by atoms with E-state index in [-0.39, 0.29) is 5.91 Å². The summed E-state index contributed by atoms with van der Waals surface area (Å²) in [6.07, 6.45) is 4.14. The number of halogens is 1. The first kappa shape index (κ1) is 17.5. The molecule has 0 unspecified atom stereocenters. The van der Waals surface area contributed by atoms with Crippen LogP contribution in [-0.4, -0.2) is 27.3 Å². The van der Waals surface area contributed by atoms with E-state index in [9.17, 15) is 4.79 Å². The van der Waals surface area contributed by atoms with Crippen molar-refractivity contribution in [3.05, 3.63) is 34.9 Å². The van der Waals surface area contributed by atoms with Gasteiger partial charge in [0.15, 0.2) is 5.16 Å². The van der Waals surface area contributed by atoms with Crippen LogP contribution in [0.15, 0.2) is 40.1 Å². The zero-order chi connectivity index (χ0) is 17.1. The van der Waals surface area contributed by atoms with Crippen molar-refractivity contribution >= 4 is 33.6 Å². The lowest BCUT2D eigenvalue weighted by Crippen LogP contribution is -2.27. The fourth-order valence-corrected chi connectivity index (χ4v) is 3.56. The molecule has 1 aromatic carbocycles. The lowest BCUT2D eigenvalue weighted by Gasteiger charge is -2.14. The molecular weight excluding hydrogens is 386 g/mol. The lowest BCUT2D eigenvalue weighted by atomic mass is 10.1. The average Bonchev–Trinajstić information content (AvgIpc) is 3.26. The van der Waals surface area contributed by atoms with Crippen molar-refractivity contribution in [1.29, 1.82) is 0 Å². The third kappa shape index (κ3) is 4.63. The number of thioether (sulfide) groups is 1. The van der Waals surface area contributed by atoms with Crippen LogP contribution in [0.1, 0.15) is 26.7 Å². The van der Waals surface area contributed by atoms with Crippen LogP contribution in [0.25, 0.3) is 11.3 Å². The van der Waals surface area contributed by atoms with Gasteiger partial charge in [0.2, 0.25) is 5.91 Å². The van der Waals surface area contributed by atoms with E-state index in [0.29, 0.717) is 17.7 Å². The summed E-state index contributed by atoms with van der Waals surface area (Å²) in [4.78, 5) is 16.5. The highest BCUT2D eigenvalue weighted by Gasteiger charge is 2.23. The summed E-state index contributed by atoms with van der Waals surface area (Å²) in [5.74, 6) is 1.03. The Morgan fingerprint density at radius 3 is 2.71 bits per heavy atom. The van der Waals surface area contributed by atoms with E-state index in [2.05, 4.69) is 56.8 Å². The number of nitrogens with one attached hydrogen (secondary N) is 1. The zero-order valence-corrected chi connectivity index (χ0v) is 16.4. The summed E-state index contributed by atoms with van der Waals surface area (Å²) in [6.45, 7) is 5.27. The molecule has 0 saturated heterocycles. The number of aromatic nitrogens is 2. The van der Waals surface area contributed by atoms with Crippen LogP contribution in [0.4, 0.5) is 0 Å². The summed E-state index contributed by atoms with van der Waals surface area (Å²) in [5, 5.41) is 3.94. The van der Waals surface area contributed by atoms with E-state index in [1.54, 1.807) is 0 Å². The third-order valence-electron chi connectivity index (χ3n) is 3.78. The molecule has 6 heteroatoms. The number of benzene rings is 1. The molecule has 128 valence electrons. The van der Waals surface area contributed by atoms with Gasteiger partial charge in [-0.2, -0.15) is 0 Å². The third-order valence-corrected chi connectivity index (χ3v) is 5.30. The van der Waals surface area contributed by atoms with E-state index in [4.69, 9.17) is 0 Å². The largest absolute Gasteiger partial charge is 0.353 e. The highest BCUT2D eigenvalue weighted by atomic mass is 79.9. The van der Waals surface area contributed by atoms with Crippen LogP contribution >= 0.6 is 27.7 Å². The van der Waals surface area contributed by atoms with Gasteiger partial charge in [-0.25, -0.2) is 4.98 Å². The van der Waals surface area contributed by atoms with Gasteiger partial charge in [0.1, 0.15) is 0 Å². The van der Waals surface area contributed by atoms with Crippen LogP contribution in [0.3, 0.4) is 0 Å². The molecule has 1 amide bonds. The summed E-state index contributed by atoms with van der Waals surface area (Å²) in [5.41, 5.74) is 2.24. The predicted octanol–water partition coefficient (Wildman–Crippen LogP) is 4.34. The van der Waals surface area contributed by atoms with Gasteiger partial charge in [0.25, 0.3) is 0 Å². The SMILES string of the molecule is CC(C)Cn1c(-c2ccc(Br)cc2)cnc1SCC(=O)NC1CC1. The Hall–Kier alpha value is -1.27. The van der Waals surface area contributed by atoms with E-state index < -0.39 is 0 Å². The Labute approximate surface area is 155 Å². The van der Waals surface area contributed by atoms with Gasteiger partial charge in [0, 0.05) is 17.1 Å². The Bertz CT molecular complexity index is 708. The molecule has 1 aliphatic rings. The maximum atomic E-state index is 11.9. The van der Waals surface area contributed by atoms with Crippen LogP contribution in [0, 0.1) is 5.92 Å². The molecule has 0 radical (unpaired) electrons. The normalized spacial score (nSPS) is 14.2. The molecule has 2 aromatic rings. The summed E-state index contributed by atoms with van der Waals surface area (Å²) < 4.78 is 3.29. The highest BCUT2D eigenvalue weighted by Crippen LogP contribution is 2.28. The number of hydrogen-bond donors (Lipinski definition) is 1. The molecule has 1 N–H and O–H groups in total. The second kappa shape index (κ2) is 7.74. The minimum Gasteiger partial charge on any atom is -0.353 e. The fraction of sp³-hybridized carbons (Fsp3) is 0.444. The molecule has 1 aliphatic carbocycles. The molecule has 1 aromatic heterocycles. The fourth-order valence-electron chi connectivity index (χ4n) is 2.49. The minimum atomic E-state index is 0.104. The van der Waals surface area contributed by atoms with Crippen molar-refractivity contribution in [1.82, 2.24) is 14.9 Å². The second-order valence-corrected chi connectivity index (χ2v) is 8.43. The monoisotopic (exact) mass is 407 g/mol. The van der Waals surface area contributed by atoms with Gasteiger partial charge in [0.05, 0.1) is 17.6 Å². The molecule has 4 nitrogen and oxygen atoms in total. The molecule has 0 spiro atoms.